The molecule has 7 nitrogen and oxygen atoms in total. The number of ether oxygens (including phenoxy) is 1. The molecule has 1 saturated heterocycles. The smallest absolute Gasteiger partial charge is 0.325 e. The second kappa shape index (κ2) is 11.1. The summed E-state index contributed by atoms with van der Waals surface area (Å²) in [5.41, 5.74) is 6.53. The van der Waals surface area contributed by atoms with E-state index in [4.69, 9.17) is 17.0 Å². The zero-order valence-corrected chi connectivity index (χ0v) is 22.5. The van der Waals surface area contributed by atoms with Crippen LogP contribution < -0.4 is 10.2 Å². The summed E-state index contributed by atoms with van der Waals surface area (Å²) in [5.74, 6) is -0.297. The molecular formula is C28H35N5O2S. The van der Waals surface area contributed by atoms with Crippen LogP contribution in [0.3, 0.4) is 0 Å². The van der Waals surface area contributed by atoms with Crippen LogP contribution in [0.1, 0.15) is 55.5 Å². The summed E-state index contributed by atoms with van der Waals surface area (Å²) in [6.45, 7) is 12.7. The Hall–Kier alpha value is -3.39. The van der Waals surface area contributed by atoms with E-state index in [1.165, 1.54) is 5.69 Å². The van der Waals surface area contributed by atoms with Crippen LogP contribution >= 0.6 is 12.2 Å². The Morgan fingerprint density at radius 3 is 2.44 bits per heavy atom. The van der Waals surface area contributed by atoms with Gasteiger partial charge in [0, 0.05) is 42.0 Å². The SMILES string of the molecule is CCOC(=O)CN1C(=S)N[C@H](c2ccccn2)[C@H]1c1cc(C)n(-c2ccc(N(CC)CC)cc2)c1C. The molecule has 0 radical (unpaired) electrons. The van der Waals surface area contributed by atoms with Crippen LogP contribution in [-0.2, 0) is 9.53 Å². The maximum Gasteiger partial charge on any atom is 0.325 e. The average molecular weight is 506 g/mol. The fraction of sp³-hybridized carbons (Fsp3) is 0.393. The Morgan fingerprint density at radius 2 is 1.83 bits per heavy atom. The fourth-order valence-corrected chi connectivity index (χ4v) is 5.45. The van der Waals surface area contributed by atoms with E-state index in [1.807, 2.05) is 30.0 Å². The molecule has 1 N–H and O–H groups in total. The lowest BCUT2D eigenvalue weighted by Gasteiger charge is -2.27. The lowest BCUT2D eigenvalue weighted by atomic mass is 9.97. The van der Waals surface area contributed by atoms with Gasteiger partial charge in [0.05, 0.1) is 24.4 Å². The van der Waals surface area contributed by atoms with Gasteiger partial charge in [0.1, 0.15) is 6.54 Å². The van der Waals surface area contributed by atoms with Gasteiger partial charge in [-0.2, -0.15) is 0 Å². The van der Waals surface area contributed by atoms with Crippen molar-refractivity contribution in [2.24, 2.45) is 0 Å². The molecule has 0 bridgehead atoms. The van der Waals surface area contributed by atoms with Gasteiger partial charge in [-0.05, 0) is 94.9 Å². The molecule has 3 heterocycles. The van der Waals surface area contributed by atoms with Crippen molar-refractivity contribution in [3.05, 3.63) is 77.4 Å². The summed E-state index contributed by atoms with van der Waals surface area (Å²) in [6, 6.07) is 16.4. The van der Waals surface area contributed by atoms with E-state index in [0.717, 1.165) is 41.4 Å². The molecule has 3 aromatic rings. The molecule has 36 heavy (non-hydrogen) atoms. The largest absolute Gasteiger partial charge is 0.465 e. The molecule has 1 fully saturated rings. The summed E-state index contributed by atoms with van der Waals surface area (Å²) in [7, 11) is 0. The number of anilines is 1. The summed E-state index contributed by atoms with van der Waals surface area (Å²) in [6.07, 6.45) is 1.78. The van der Waals surface area contributed by atoms with Crippen molar-refractivity contribution in [2.75, 3.05) is 31.1 Å². The van der Waals surface area contributed by atoms with Gasteiger partial charge in [-0.15, -0.1) is 0 Å². The first-order chi connectivity index (χ1) is 17.4. The number of thiocarbonyl (C=S) groups is 1. The third kappa shape index (κ3) is 4.95. The van der Waals surface area contributed by atoms with Gasteiger partial charge in [-0.1, -0.05) is 6.07 Å². The minimum Gasteiger partial charge on any atom is -0.465 e. The standard InChI is InChI=1S/C28H35N5O2S/c1-6-31(7-2)21-12-14-22(15-13-21)33-19(4)17-23(20(33)5)27-26(24-11-9-10-16-29-24)30-28(36)32(27)18-25(34)35-8-3/h9-17,26-27H,6-8,18H2,1-5H3,(H,30,36)/t26-,27-/m1/s1. The molecule has 0 spiro atoms. The third-order valence-electron chi connectivity index (χ3n) is 6.83. The van der Waals surface area contributed by atoms with Crippen LogP contribution in [0.2, 0.25) is 0 Å². The molecule has 190 valence electrons. The molecule has 1 aromatic carbocycles. The van der Waals surface area contributed by atoms with E-state index in [0.29, 0.717) is 11.7 Å². The number of pyridine rings is 1. The van der Waals surface area contributed by atoms with Gasteiger partial charge in [-0.3, -0.25) is 9.78 Å². The number of carbonyl (C=O) groups is 1. The molecule has 8 heteroatoms. The average Bonchev–Trinajstić information content (AvgIpc) is 3.35. The maximum absolute atomic E-state index is 12.5. The first-order valence-electron chi connectivity index (χ1n) is 12.6. The zero-order chi connectivity index (χ0) is 25.8. The number of nitrogens with one attached hydrogen (secondary N) is 1. The Morgan fingerprint density at radius 1 is 1.11 bits per heavy atom. The highest BCUT2D eigenvalue weighted by Crippen LogP contribution is 2.41. The Bertz CT molecular complexity index is 1200. The fourth-order valence-electron chi connectivity index (χ4n) is 5.15. The van der Waals surface area contributed by atoms with Gasteiger partial charge in [-0.25, -0.2) is 0 Å². The van der Waals surface area contributed by atoms with Gasteiger partial charge in [0.2, 0.25) is 0 Å². The summed E-state index contributed by atoms with van der Waals surface area (Å²) in [5, 5.41) is 3.94. The quantitative estimate of drug-likeness (QED) is 0.329. The van der Waals surface area contributed by atoms with Crippen molar-refractivity contribution in [1.29, 1.82) is 0 Å². The first kappa shape index (κ1) is 25.7. The number of aromatic nitrogens is 2. The number of esters is 1. The van der Waals surface area contributed by atoms with Crippen LogP contribution in [0.15, 0.2) is 54.7 Å². The van der Waals surface area contributed by atoms with Crippen molar-refractivity contribution in [3.8, 4) is 5.69 Å². The molecule has 0 amide bonds. The Labute approximate surface area is 219 Å². The van der Waals surface area contributed by atoms with Crippen LogP contribution in [0.4, 0.5) is 5.69 Å². The predicted octanol–water partition coefficient (Wildman–Crippen LogP) is 4.87. The van der Waals surface area contributed by atoms with E-state index < -0.39 is 0 Å². The number of nitrogens with zero attached hydrogens (tertiary/aromatic N) is 4. The summed E-state index contributed by atoms with van der Waals surface area (Å²) >= 11 is 5.70. The highest BCUT2D eigenvalue weighted by atomic mass is 32.1. The zero-order valence-electron chi connectivity index (χ0n) is 21.7. The van der Waals surface area contributed by atoms with Gasteiger partial charge >= 0.3 is 5.97 Å². The number of hydrogen-bond acceptors (Lipinski definition) is 5. The molecule has 0 aliphatic carbocycles. The van der Waals surface area contributed by atoms with Gasteiger partial charge in [0.15, 0.2) is 5.11 Å². The van der Waals surface area contributed by atoms with E-state index in [2.05, 4.69) is 77.8 Å². The van der Waals surface area contributed by atoms with E-state index in [-0.39, 0.29) is 24.6 Å². The van der Waals surface area contributed by atoms with Gasteiger partial charge in [0.25, 0.3) is 0 Å². The number of hydrogen-bond donors (Lipinski definition) is 1. The lowest BCUT2D eigenvalue weighted by molar-refractivity contribution is -0.143. The second-order valence-corrected chi connectivity index (χ2v) is 9.30. The Balaban J connectivity index is 1.76. The van der Waals surface area contributed by atoms with Crippen molar-refractivity contribution in [2.45, 2.75) is 46.7 Å². The number of aryl methyl sites for hydroxylation is 1. The molecule has 0 unspecified atom stereocenters. The first-order valence-corrected chi connectivity index (χ1v) is 13.0. The van der Waals surface area contributed by atoms with Crippen LogP contribution in [-0.4, -0.2) is 51.8 Å². The predicted molar refractivity (Wildman–Crippen MR) is 148 cm³/mol. The van der Waals surface area contributed by atoms with Crippen LogP contribution in [0.25, 0.3) is 5.69 Å². The van der Waals surface area contributed by atoms with E-state index >= 15 is 0 Å². The maximum atomic E-state index is 12.5. The second-order valence-electron chi connectivity index (χ2n) is 8.91. The molecular weight excluding hydrogens is 470 g/mol. The lowest BCUT2D eigenvalue weighted by Crippen LogP contribution is -2.35. The molecule has 1 aliphatic rings. The third-order valence-corrected chi connectivity index (χ3v) is 7.18. The molecule has 1 aliphatic heterocycles. The molecule has 4 rings (SSSR count). The van der Waals surface area contributed by atoms with Crippen molar-refractivity contribution in [1.82, 2.24) is 19.8 Å². The number of rotatable bonds is 9. The van der Waals surface area contributed by atoms with E-state index in [1.54, 1.807) is 6.20 Å². The molecule has 2 atom stereocenters. The monoisotopic (exact) mass is 505 g/mol. The molecule has 2 aromatic heterocycles. The van der Waals surface area contributed by atoms with Crippen LogP contribution in [0.5, 0.6) is 0 Å². The minimum atomic E-state index is -0.297. The highest BCUT2D eigenvalue weighted by Gasteiger charge is 2.42. The molecule has 0 saturated carbocycles. The van der Waals surface area contributed by atoms with Crippen molar-refractivity contribution in [3.63, 3.8) is 0 Å². The highest BCUT2D eigenvalue weighted by molar-refractivity contribution is 7.80. The van der Waals surface area contributed by atoms with Gasteiger partial charge < -0.3 is 24.4 Å². The van der Waals surface area contributed by atoms with Crippen molar-refractivity contribution < 1.29 is 9.53 Å². The summed E-state index contributed by atoms with van der Waals surface area (Å²) < 4.78 is 7.53. The Kier molecular flexibility index (Phi) is 7.94. The summed E-state index contributed by atoms with van der Waals surface area (Å²) in [4.78, 5) is 21.4. The van der Waals surface area contributed by atoms with Crippen molar-refractivity contribution >= 4 is 29.0 Å². The van der Waals surface area contributed by atoms with E-state index in [9.17, 15) is 4.79 Å². The number of carbonyl (C=O) groups excluding carboxylic acids is 1. The topological polar surface area (TPSA) is 62.6 Å². The number of benzene rings is 1. The minimum absolute atomic E-state index is 0.0793. The van der Waals surface area contributed by atoms with Crippen LogP contribution in [0, 0.1) is 13.8 Å². The normalized spacial score (nSPS) is 17.2.